The van der Waals surface area contributed by atoms with Gasteiger partial charge in [0.2, 0.25) is 5.76 Å². The summed E-state index contributed by atoms with van der Waals surface area (Å²) in [5.74, 6) is 0.170. The summed E-state index contributed by atoms with van der Waals surface area (Å²) < 4.78 is 22.1. The minimum absolute atomic E-state index is 0.0360. The number of carbonyl (C=O) groups excluding carboxylic acids is 1. The smallest absolute Gasteiger partial charge is 0.371 e. The Morgan fingerprint density at radius 1 is 1.06 bits per heavy atom. The average molecular weight is 482 g/mol. The topological polar surface area (TPSA) is 123 Å². The molecule has 1 amide bonds. The molecular weight excluding hydrogens is 454 g/mol. The number of nitrogens with one attached hydrogen (secondary N) is 1. The quantitative estimate of drug-likeness (QED) is 0.297. The molecule has 0 saturated carbocycles. The zero-order valence-electron chi connectivity index (χ0n) is 19.7. The van der Waals surface area contributed by atoms with Crippen LogP contribution < -0.4 is 24.5 Å². The molecule has 0 aliphatic heterocycles. The molecule has 10 heteroatoms. The number of nitrogens with zero attached hydrogens (tertiary/aromatic N) is 2. The Kier molecular flexibility index (Phi) is 8.71. The number of rotatable bonds is 12. The standard InChI is InChI=1S/C25H27N3O7/c1-4-32-23-12-17(8-10-21(23)34-15-20-9-11-22(35-20)25(30)31)14-26-27-24(29)16-33-19-7-5-6-18(13-19)28(2)3/h5-14H,4,15-16H2,1-3H3,(H,27,29)(H,30,31). The van der Waals surface area contributed by atoms with Crippen LogP contribution in [0.3, 0.4) is 0 Å². The monoisotopic (exact) mass is 481 g/mol. The van der Waals surface area contributed by atoms with E-state index < -0.39 is 11.9 Å². The maximum atomic E-state index is 12.1. The van der Waals surface area contributed by atoms with Gasteiger partial charge in [-0.25, -0.2) is 10.2 Å². The number of carboxylic acid groups (broad SMARTS) is 1. The molecule has 184 valence electrons. The Balaban J connectivity index is 1.54. The Labute approximate surface area is 202 Å². The Bertz CT molecular complexity index is 1190. The number of amides is 1. The molecule has 3 aromatic rings. The lowest BCUT2D eigenvalue weighted by molar-refractivity contribution is -0.123. The lowest BCUT2D eigenvalue weighted by Crippen LogP contribution is -2.24. The number of anilines is 1. The normalized spacial score (nSPS) is 10.7. The summed E-state index contributed by atoms with van der Waals surface area (Å²) >= 11 is 0. The van der Waals surface area contributed by atoms with Gasteiger partial charge in [0.15, 0.2) is 18.1 Å². The van der Waals surface area contributed by atoms with Crippen LogP contribution in [0, 0.1) is 0 Å². The van der Waals surface area contributed by atoms with Crippen LogP contribution >= 0.6 is 0 Å². The molecule has 0 unspecified atom stereocenters. The number of hydrogen-bond donors (Lipinski definition) is 2. The van der Waals surface area contributed by atoms with E-state index >= 15 is 0 Å². The van der Waals surface area contributed by atoms with Gasteiger partial charge >= 0.3 is 5.97 Å². The van der Waals surface area contributed by atoms with Crippen molar-refractivity contribution >= 4 is 23.8 Å². The molecule has 3 rings (SSSR count). The highest BCUT2D eigenvalue weighted by Crippen LogP contribution is 2.29. The number of carboxylic acids is 1. The van der Waals surface area contributed by atoms with Gasteiger partial charge < -0.3 is 28.6 Å². The molecule has 2 aromatic carbocycles. The van der Waals surface area contributed by atoms with Gasteiger partial charge in [-0.2, -0.15) is 5.10 Å². The fourth-order valence-corrected chi connectivity index (χ4v) is 2.92. The molecule has 0 fully saturated rings. The first kappa shape index (κ1) is 25.2. The van der Waals surface area contributed by atoms with Gasteiger partial charge in [-0.15, -0.1) is 0 Å². The van der Waals surface area contributed by atoms with E-state index in [1.165, 1.54) is 18.3 Å². The van der Waals surface area contributed by atoms with Gasteiger partial charge in [0.25, 0.3) is 5.91 Å². The second kappa shape index (κ2) is 12.1. The lowest BCUT2D eigenvalue weighted by atomic mass is 10.2. The van der Waals surface area contributed by atoms with Gasteiger partial charge in [0.1, 0.15) is 18.1 Å². The van der Waals surface area contributed by atoms with Crippen molar-refractivity contribution in [3.05, 3.63) is 71.7 Å². The van der Waals surface area contributed by atoms with Gasteiger partial charge in [0, 0.05) is 25.8 Å². The number of carbonyl (C=O) groups is 2. The number of aromatic carboxylic acids is 1. The van der Waals surface area contributed by atoms with Crippen molar-refractivity contribution < 1.29 is 33.3 Å². The molecule has 2 N–H and O–H groups in total. The highest BCUT2D eigenvalue weighted by molar-refractivity contribution is 5.84. The van der Waals surface area contributed by atoms with Crippen molar-refractivity contribution in [2.45, 2.75) is 13.5 Å². The summed E-state index contributed by atoms with van der Waals surface area (Å²) in [5, 5.41) is 12.9. The van der Waals surface area contributed by atoms with Crippen molar-refractivity contribution in [2.24, 2.45) is 5.10 Å². The van der Waals surface area contributed by atoms with E-state index in [0.717, 1.165) is 5.69 Å². The zero-order valence-corrected chi connectivity index (χ0v) is 19.7. The van der Waals surface area contributed by atoms with Crippen molar-refractivity contribution in [3.8, 4) is 17.2 Å². The van der Waals surface area contributed by atoms with Gasteiger partial charge in [-0.05, 0) is 55.0 Å². The number of hydrogen-bond acceptors (Lipinski definition) is 8. The molecule has 35 heavy (non-hydrogen) atoms. The number of ether oxygens (including phenoxy) is 3. The molecule has 0 atom stereocenters. The summed E-state index contributed by atoms with van der Waals surface area (Å²) in [7, 11) is 3.85. The molecular formula is C25H27N3O7. The van der Waals surface area contributed by atoms with Crippen LogP contribution in [0.1, 0.15) is 28.8 Å². The second-order valence-electron chi connectivity index (χ2n) is 7.47. The van der Waals surface area contributed by atoms with Crippen LogP contribution in [-0.4, -0.2) is 50.5 Å². The van der Waals surface area contributed by atoms with Crippen LogP contribution in [0.2, 0.25) is 0 Å². The van der Waals surface area contributed by atoms with E-state index in [1.54, 1.807) is 24.3 Å². The Morgan fingerprint density at radius 3 is 2.60 bits per heavy atom. The summed E-state index contributed by atoms with van der Waals surface area (Å²) in [6.45, 7) is 2.10. The van der Waals surface area contributed by atoms with Crippen molar-refractivity contribution in [3.63, 3.8) is 0 Å². The summed E-state index contributed by atoms with van der Waals surface area (Å²) in [6.07, 6.45) is 1.47. The summed E-state index contributed by atoms with van der Waals surface area (Å²) in [4.78, 5) is 24.9. The Morgan fingerprint density at radius 2 is 1.89 bits per heavy atom. The summed E-state index contributed by atoms with van der Waals surface area (Å²) in [5.41, 5.74) is 4.06. The highest BCUT2D eigenvalue weighted by Gasteiger charge is 2.11. The van der Waals surface area contributed by atoms with Gasteiger partial charge in [0.05, 0.1) is 12.8 Å². The first-order valence-corrected chi connectivity index (χ1v) is 10.8. The molecule has 0 aliphatic rings. The Hall–Kier alpha value is -4.47. The third-order valence-corrected chi connectivity index (χ3v) is 4.62. The SMILES string of the molecule is CCOc1cc(C=NNC(=O)COc2cccc(N(C)C)c2)ccc1OCc1ccc(C(=O)O)o1. The largest absolute Gasteiger partial charge is 0.490 e. The van der Waals surface area contributed by atoms with E-state index in [1.807, 2.05) is 44.1 Å². The van der Waals surface area contributed by atoms with E-state index in [2.05, 4.69) is 10.5 Å². The van der Waals surface area contributed by atoms with E-state index in [4.69, 9.17) is 23.7 Å². The van der Waals surface area contributed by atoms with E-state index in [9.17, 15) is 9.59 Å². The molecule has 1 heterocycles. The molecule has 1 aromatic heterocycles. The second-order valence-corrected chi connectivity index (χ2v) is 7.47. The fraction of sp³-hybridized carbons (Fsp3) is 0.240. The van der Waals surface area contributed by atoms with Gasteiger partial charge in [-0.3, -0.25) is 4.79 Å². The molecule has 0 spiro atoms. The zero-order chi connectivity index (χ0) is 25.2. The molecule has 0 saturated heterocycles. The number of hydrazone groups is 1. The van der Waals surface area contributed by atoms with Crippen molar-refractivity contribution in [1.29, 1.82) is 0 Å². The average Bonchev–Trinajstić information content (AvgIpc) is 3.32. The summed E-state index contributed by atoms with van der Waals surface area (Å²) in [6, 6.07) is 15.5. The fourth-order valence-electron chi connectivity index (χ4n) is 2.92. The third-order valence-electron chi connectivity index (χ3n) is 4.62. The van der Waals surface area contributed by atoms with E-state index in [0.29, 0.717) is 35.2 Å². The van der Waals surface area contributed by atoms with Crippen LogP contribution in [0.5, 0.6) is 17.2 Å². The minimum atomic E-state index is -1.15. The number of benzene rings is 2. The van der Waals surface area contributed by atoms with Crippen molar-refractivity contribution in [2.75, 3.05) is 32.2 Å². The maximum absolute atomic E-state index is 12.1. The third kappa shape index (κ3) is 7.53. The number of furan rings is 1. The molecule has 0 bridgehead atoms. The predicted octanol–water partition coefficient (Wildman–Crippen LogP) is 3.55. The van der Waals surface area contributed by atoms with Crippen molar-refractivity contribution in [1.82, 2.24) is 5.43 Å². The molecule has 0 aliphatic carbocycles. The molecule has 0 radical (unpaired) electrons. The lowest BCUT2D eigenvalue weighted by Gasteiger charge is -2.13. The molecule has 10 nitrogen and oxygen atoms in total. The maximum Gasteiger partial charge on any atom is 0.371 e. The van der Waals surface area contributed by atoms with Crippen LogP contribution in [0.25, 0.3) is 0 Å². The van der Waals surface area contributed by atoms with Crippen LogP contribution in [0.4, 0.5) is 5.69 Å². The minimum Gasteiger partial charge on any atom is -0.490 e. The van der Waals surface area contributed by atoms with Crippen LogP contribution in [0.15, 0.2) is 64.1 Å². The van der Waals surface area contributed by atoms with Gasteiger partial charge in [-0.1, -0.05) is 6.07 Å². The van der Waals surface area contributed by atoms with Crippen LogP contribution in [-0.2, 0) is 11.4 Å². The van der Waals surface area contributed by atoms with E-state index in [-0.39, 0.29) is 19.0 Å². The predicted molar refractivity (Wildman–Crippen MR) is 130 cm³/mol. The highest BCUT2D eigenvalue weighted by atomic mass is 16.5. The first-order valence-electron chi connectivity index (χ1n) is 10.8. The first-order chi connectivity index (χ1) is 16.9.